The van der Waals surface area contributed by atoms with Gasteiger partial charge in [0.1, 0.15) is 22.3 Å². The van der Waals surface area contributed by atoms with Crippen LogP contribution in [0.1, 0.15) is 17.1 Å². The number of aromatic nitrogens is 3. The number of aromatic amines is 1. The molecule has 2 heterocycles. The number of aliphatic carboxylic acids is 1. The van der Waals surface area contributed by atoms with Gasteiger partial charge in [0.05, 0.1) is 0 Å². The van der Waals surface area contributed by atoms with E-state index < -0.39 is 5.97 Å². The van der Waals surface area contributed by atoms with Crippen molar-refractivity contribution in [1.29, 1.82) is 0 Å². The smallest absolute Gasteiger partial charge is 0.342 e. The lowest BCUT2D eigenvalue weighted by Crippen LogP contribution is -1.97. The summed E-state index contributed by atoms with van der Waals surface area (Å²) in [6.45, 7) is 3.76. The molecular formula is C17H14BrN3O3S. The summed E-state index contributed by atoms with van der Waals surface area (Å²) >= 11 is 4.48. The lowest BCUT2D eigenvalue weighted by molar-refractivity contribution is -0.131. The van der Waals surface area contributed by atoms with Crippen molar-refractivity contribution in [3.05, 3.63) is 56.9 Å². The van der Waals surface area contributed by atoms with Crippen LogP contribution in [0.25, 0.3) is 17.4 Å². The minimum absolute atomic E-state index is 0.0721. The first-order valence-electron chi connectivity index (χ1n) is 7.30. The molecule has 1 aromatic carbocycles. The van der Waals surface area contributed by atoms with Gasteiger partial charge in [-0.25, -0.2) is 9.78 Å². The third kappa shape index (κ3) is 4.21. The van der Waals surface area contributed by atoms with Crippen LogP contribution in [0.5, 0.6) is 0 Å². The minimum atomic E-state index is -1.07. The van der Waals surface area contributed by atoms with Crippen molar-refractivity contribution in [2.75, 3.05) is 0 Å². The maximum Gasteiger partial charge on any atom is 0.342 e. The molecule has 6 nitrogen and oxygen atoms in total. The zero-order valence-electron chi connectivity index (χ0n) is 13.4. The maximum absolute atomic E-state index is 11.5. The fourth-order valence-electron chi connectivity index (χ4n) is 2.13. The molecule has 0 unspecified atom stereocenters. The summed E-state index contributed by atoms with van der Waals surface area (Å²) in [6.07, 6.45) is 1.46. The zero-order chi connectivity index (χ0) is 18.0. The Morgan fingerprint density at radius 1 is 1.32 bits per heavy atom. The number of benzene rings is 1. The van der Waals surface area contributed by atoms with Crippen molar-refractivity contribution in [3.8, 4) is 11.3 Å². The molecular weight excluding hydrogens is 406 g/mol. The summed E-state index contributed by atoms with van der Waals surface area (Å²) in [6, 6.07) is 9.48. The van der Waals surface area contributed by atoms with Crippen LogP contribution in [0.15, 0.2) is 49.3 Å². The molecule has 0 saturated carbocycles. The molecule has 2 aromatic heterocycles. The largest absolute Gasteiger partial charge is 0.477 e. The van der Waals surface area contributed by atoms with Crippen LogP contribution in [-0.2, 0) is 4.79 Å². The Hall–Kier alpha value is -2.32. The van der Waals surface area contributed by atoms with Gasteiger partial charge in [-0.15, -0.1) is 5.10 Å². The third-order valence-corrected chi connectivity index (χ3v) is 4.81. The molecule has 0 aliphatic rings. The molecule has 0 aliphatic carbocycles. The number of carboxylic acid groups (broad SMARTS) is 1. The minimum Gasteiger partial charge on any atom is -0.477 e. The highest BCUT2D eigenvalue weighted by Gasteiger charge is 2.15. The third-order valence-electron chi connectivity index (χ3n) is 3.28. The summed E-state index contributed by atoms with van der Waals surface area (Å²) in [7, 11) is 0. The molecule has 0 fully saturated rings. The molecule has 0 radical (unpaired) electrons. The molecule has 0 saturated heterocycles. The monoisotopic (exact) mass is 419 g/mol. The Balaban J connectivity index is 1.88. The van der Waals surface area contributed by atoms with Crippen LogP contribution >= 0.6 is 27.7 Å². The second-order valence-corrected chi connectivity index (χ2v) is 7.17. The standard InChI is InChI=1S/C17H14BrN3O3S/c1-9-3-5-12(13(18)7-9)14-6-4-11(24-14)8-15(16(22)23)25-17-19-10(2)20-21-17/h3-8H,1-2H3,(H,22,23)(H,19,20,21)/b15-8+. The van der Waals surface area contributed by atoms with Crippen molar-refractivity contribution in [2.45, 2.75) is 19.0 Å². The van der Waals surface area contributed by atoms with Crippen LogP contribution in [0.3, 0.4) is 0 Å². The van der Waals surface area contributed by atoms with Crippen molar-refractivity contribution >= 4 is 39.7 Å². The van der Waals surface area contributed by atoms with E-state index in [1.807, 2.05) is 31.2 Å². The summed E-state index contributed by atoms with van der Waals surface area (Å²) < 4.78 is 6.70. The van der Waals surface area contributed by atoms with Gasteiger partial charge in [0.15, 0.2) is 0 Å². The van der Waals surface area contributed by atoms with Gasteiger partial charge in [0.2, 0.25) is 5.16 Å². The van der Waals surface area contributed by atoms with Crippen LogP contribution in [-0.4, -0.2) is 26.3 Å². The highest BCUT2D eigenvalue weighted by Crippen LogP contribution is 2.32. The molecule has 25 heavy (non-hydrogen) atoms. The van der Waals surface area contributed by atoms with E-state index in [-0.39, 0.29) is 4.91 Å². The molecule has 2 N–H and O–H groups in total. The van der Waals surface area contributed by atoms with Crippen molar-refractivity contribution in [2.24, 2.45) is 0 Å². The number of halogens is 1. The molecule has 0 amide bonds. The summed E-state index contributed by atoms with van der Waals surface area (Å²) in [5.41, 5.74) is 2.04. The normalized spacial score (nSPS) is 11.7. The molecule has 0 spiro atoms. The van der Waals surface area contributed by atoms with Gasteiger partial charge in [-0.1, -0.05) is 22.0 Å². The zero-order valence-corrected chi connectivity index (χ0v) is 15.8. The number of carboxylic acids is 1. The molecule has 0 bridgehead atoms. The average Bonchev–Trinajstić information content (AvgIpc) is 3.16. The lowest BCUT2D eigenvalue weighted by atomic mass is 10.1. The average molecular weight is 420 g/mol. The second kappa shape index (κ2) is 7.28. The fraction of sp³-hybridized carbons (Fsp3) is 0.118. The first-order chi connectivity index (χ1) is 11.9. The number of aryl methyl sites for hydroxylation is 2. The van der Waals surface area contributed by atoms with Gasteiger partial charge in [0.25, 0.3) is 0 Å². The van der Waals surface area contributed by atoms with Gasteiger partial charge in [-0.05, 0) is 55.4 Å². The number of hydrogen-bond acceptors (Lipinski definition) is 5. The van der Waals surface area contributed by atoms with E-state index in [4.69, 9.17) is 4.42 Å². The van der Waals surface area contributed by atoms with E-state index in [9.17, 15) is 9.90 Å². The summed E-state index contributed by atoms with van der Waals surface area (Å²) in [4.78, 5) is 15.7. The second-order valence-electron chi connectivity index (χ2n) is 5.30. The highest BCUT2D eigenvalue weighted by molar-refractivity contribution is 9.10. The first-order valence-corrected chi connectivity index (χ1v) is 8.91. The number of thioether (sulfide) groups is 1. The Labute approximate surface area is 156 Å². The molecule has 128 valence electrons. The molecule has 3 rings (SSSR count). The predicted molar refractivity (Wildman–Crippen MR) is 99.2 cm³/mol. The van der Waals surface area contributed by atoms with Crippen molar-refractivity contribution in [1.82, 2.24) is 15.2 Å². The summed E-state index contributed by atoms with van der Waals surface area (Å²) in [5, 5.41) is 16.4. The number of nitrogens with one attached hydrogen (secondary N) is 1. The van der Waals surface area contributed by atoms with Gasteiger partial charge >= 0.3 is 5.97 Å². The molecule has 0 atom stereocenters. The van der Waals surface area contributed by atoms with E-state index >= 15 is 0 Å². The predicted octanol–water partition coefficient (Wildman–Crippen LogP) is 4.66. The highest BCUT2D eigenvalue weighted by atomic mass is 79.9. The van der Waals surface area contributed by atoms with Crippen LogP contribution < -0.4 is 0 Å². The van der Waals surface area contributed by atoms with Crippen LogP contribution in [0.2, 0.25) is 0 Å². The van der Waals surface area contributed by atoms with E-state index in [1.54, 1.807) is 13.0 Å². The van der Waals surface area contributed by atoms with Crippen molar-refractivity contribution < 1.29 is 14.3 Å². The summed E-state index contributed by atoms with van der Waals surface area (Å²) in [5.74, 6) is 0.653. The molecule has 8 heteroatoms. The number of H-pyrrole nitrogens is 1. The Bertz CT molecular complexity index is 962. The van der Waals surface area contributed by atoms with Crippen LogP contribution in [0.4, 0.5) is 0 Å². The lowest BCUT2D eigenvalue weighted by Gasteiger charge is -2.02. The van der Waals surface area contributed by atoms with Gasteiger partial charge in [-0.2, -0.15) is 0 Å². The quantitative estimate of drug-likeness (QED) is 0.461. The van der Waals surface area contributed by atoms with Gasteiger partial charge in [-0.3, -0.25) is 5.10 Å². The Morgan fingerprint density at radius 3 is 2.76 bits per heavy atom. The van der Waals surface area contributed by atoms with Gasteiger partial charge in [0, 0.05) is 16.1 Å². The maximum atomic E-state index is 11.5. The van der Waals surface area contributed by atoms with Crippen molar-refractivity contribution in [3.63, 3.8) is 0 Å². The Kier molecular flexibility index (Phi) is 5.10. The molecule has 3 aromatic rings. The van der Waals surface area contributed by atoms with E-state index in [1.165, 1.54) is 6.08 Å². The number of rotatable bonds is 5. The number of carbonyl (C=O) groups is 1. The SMILES string of the molecule is Cc1ccc(-c2ccc(/C=C(/Sc3n[nH]c(C)n3)C(=O)O)o2)c(Br)c1. The van der Waals surface area contributed by atoms with E-state index in [0.29, 0.717) is 22.5 Å². The number of hydrogen-bond donors (Lipinski definition) is 2. The molecule has 0 aliphatic heterocycles. The van der Waals surface area contributed by atoms with E-state index in [0.717, 1.165) is 27.4 Å². The van der Waals surface area contributed by atoms with E-state index in [2.05, 4.69) is 31.1 Å². The van der Waals surface area contributed by atoms with Crippen LogP contribution in [0, 0.1) is 13.8 Å². The van der Waals surface area contributed by atoms with Gasteiger partial charge < -0.3 is 9.52 Å². The first kappa shape index (κ1) is 17.5. The number of furan rings is 1. The topological polar surface area (TPSA) is 92.0 Å². The number of nitrogens with zero attached hydrogens (tertiary/aromatic N) is 2. The Morgan fingerprint density at radius 2 is 2.12 bits per heavy atom. The fourth-order valence-corrected chi connectivity index (χ4v) is 3.55.